The Morgan fingerprint density at radius 2 is 1.78 bits per heavy atom. The number of piperidine rings is 1. The Labute approximate surface area is 115 Å². The molecule has 2 aliphatic rings. The van der Waals surface area contributed by atoms with E-state index in [0.29, 0.717) is 11.3 Å². The van der Waals surface area contributed by atoms with Gasteiger partial charge in [0.25, 0.3) is 0 Å². The molecule has 104 valence electrons. The zero-order chi connectivity index (χ0) is 13.0. The van der Waals surface area contributed by atoms with Crippen LogP contribution in [0.2, 0.25) is 0 Å². The van der Waals surface area contributed by atoms with E-state index in [0.717, 1.165) is 44.6 Å². The number of thioether (sulfide) groups is 1. The van der Waals surface area contributed by atoms with Gasteiger partial charge >= 0.3 is 0 Å². The van der Waals surface area contributed by atoms with Gasteiger partial charge in [-0.1, -0.05) is 25.6 Å². The van der Waals surface area contributed by atoms with Crippen molar-refractivity contribution in [2.24, 2.45) is 0 Å². The van der Waals surface area contributed by atoms with E-state index in [2.05, 4.69) is 23.6 Å². The zero-order valence-corrected chi connectivity index (χ0v) is 12.3. The van der Waals surface area contributed by atoms with Crippen molar-refractivity contribution in [3.8, 4) is 0 Å². The summed E-state index contributed by atoms with van der Waals surface area (Å²) < 4.78 is 5.40. The van der Waals surface area contributed by atoms with E-state index in [1.807, 2.05) is 0 Å². The highest BCUT2D eigenvalue weighted by atomic mass is 32.2. The molecule has 0 radical (unpaired) electrons. The van der Waals surface area contributed by atoms with Crippen molar-refractivity contribution in [1.29, 1.82) is 5.41 Å². The summed E-state index contributed by atoms with van der Waals surface area (Å²) in [6.45, 7) is 10.3. The van der Waals surface area contributed by atoms with Crippen molar-refractivity contribution in [2.75, 3.05) is 39.4 Å². The molecule has 2 heterocycles. The SMILES string of the molecule is CC(C)SC(=N)N1CCC(N2CCOCC2)CC1. The second kappa shape index (κ2) is 6.78. The largest absolute Gasteiger partial charge is 0.379 e. The van der Waals surface area contributed by atoms with Crippen LogP contribution in [-0.4, -0.2) is 65.7 Å². The first-order valence-corrected chi connectivity index (χ1v) is 7.86. The van der Waals surface area contributed by atoms with Crippen molar-refractivity contribution < 1.29 is 4.74 Å². The first-order valence-electron chi connectivity index (χ1n) is 6.99. The van der Waals surface area contributed by atoms with Crippen molar-refractivity contribution in [3.63, 3.8) is 0 Å². The van der Waals surface area contributed by atoms with E-state index in [-0.39, 0.29) is 0 Å². The molecule has 2 rings (SSSR count). The lowest BCUT2D eigenvalue weighted by molar-refractivity contribution is 0.00554. The Balaban J connectivity index is 1.75. The number of amidine groups is 1. The van der Waals surface area contributed by atoms with Crippen LogP contribution < -0.4 is 0 Å². The van der Waals surface area contributed by atoms with Gasteiger partial charge in [-0.25, -0.2) is 0 Å². The molecule has 0 atom stereocenters. The summed E-state index contributed by atoms with van der Waals surface area (Å²) in [4.78, 5) is 4.81. The summed E-state index contributed by atoms with van der Waals surface area (Å²) in [6, 6.07) is 0.710. The average Bonchev–Trinajstić information content (AvgIpc) is 2.39. The number of nitrogens with zero attached hydrogens (tertiary/aromatic N) is 2. The molecule has 2 saturated heterocycles. The van der Waals surface area contributed by atoms with E-state index in [1.165, 1.54) is 12.8 Å². The predicted octanol–water partition coefficient (Wildman–Crippen LogP) is 1.86. The molecule has 0 aromatic rings. The topological polar surface area (TPSA) is 39.6 Å². The third kappa shape index (κ3) is 3.87. The normalized spacial score (nSPS) is 23.6. The lowest BCUT2D eigenvalue weighted by Crippen LogP contribution is -2.49. The van der Waals surface area contributed by atoms with Crippen LogP contribution in [0.25, 0.3) is 0 Å². The van der Waals surface area contributed by atoms with Crippen LogP contribution in [0, 0.1) is 5.41 Å². The van der Waals surface area contributed by atoms with Gasteiger partial charge in [0.05, 0.1) is 13.2 Å². The number of hydrogen-bond acceptors (Lipinski definition) is 4. The van der Waals surface area contributed by atoms with Crippen LogP contribution in [0.15, 0.2) is 0 Å². The van der Waals surface area contributed by atoms with Gasteiger partial charge in [0, 0.05) is 37.5 Å². The summed E-state index contributed by atoms with van der Waals surface area (Å²) >= 11 is 1.67. The minimum atomic E-state index is 0.509. The van der Waals surface area contributed by atoms with Crippen LogP contribution in [0.5, 0.6) is 0 Å². The van der Waals surface area contributed by atoms with Crippen molar-refractivity contribution in [2.45, 2.75) is 38.0 Å². The van der Waals surface area contributed by atoms with E-state index >= 15 is 0 Å². The molecule has 0 aliphatic carbocycles. The fourth-order valence-corrected chi connectivity index (χ4v) is 3.45. The Bertz CT molecular complexity index is 271. The molecular weight excluding hydrogens is 246 g/mol. The minimum Gasteiger partial charge on any atom is -0.379 e. The first kappa shape index (κ1) is 14.2. The Morgan fingerprint density at radius 3 is 2.33 bits per heavy atom. The molecule has 4 nitrogen and oxygen atoms in total. The predicted molar refractivity (Wildman–Crippen MR) is 77.4 cm³/mol. The second-order valence-corrected chi connectivity index (χ2v) is 6.90. The van der Waals surface area contributed by atoms with Crippen LogP contribution >= 0.6 is 11.8 Å². The minimum absolute atomic E-state index is 0.509. The van der Waals surface area contributed by atoms with Crippen molar-refractivity contribution in [3.05, 3.63) is 0 Å². The number of morpholine rings is 1. The highest BCUT2D eigenvalue weighted by Crippen LogP contribution is 2.21. The first-order chi connectivity index (χ1) is 8.66. The molecule has 0 aromatic carbocycles. The third-order valence-corrected chi connectivity index (χ3v) is 4.61. The quantitative estimate of drug-likeness (QED) is 0.615. The molecule has 2 aliphatic heterocycles. The van der Waals surface area contributed by atoms with E-state index < -0.39 is 0 Å². The van der Waals surface area contributed by atoms with Gasteiger partial charge in [-0.05, 0) is 12.8 Å². The van der Waals surface area contributed by atoms with Crippen LogP contribution in [-0.2, 0) is 4.74 Å². The fraction of sp³-hybridized carbons (Fsp3) is 0.923. The number of rotatable bonds is 2. The van der Waals surface area contributed by atoms with Crippen molar-refractivity contribution >= 4 is 16.9 Å². The molecular formula is C13H25N3OS. The number of hydrogen-bond donors (Lipinski definition) is 1. The highest BCUT2D eigenvalue weighted by molar-refractivity contribution is 8.14. The molecule has 0 spiro atoms. The Kier molecular flexibility index (Phi) is 5.33. The average molecular weight is 271 g/mol. The number of ether oxygens (including phenoxy) is 1. The second-order valence-electron chi connectivity index (χ2n) is 5.34. The standard InChI is InChI=1S/C13H25N3OS/c1-11(2)18-13(14)16-5-3-12(4-6-16)15-7-9-17-10-8-15/h11-12,14H,3-10H2,1-2H3. The molecule has 5 heteroatoms. The molecule has 0 amide bonds. The maximum absolute atomic E-state index is 8.08. The van der Waals surface area contributed by atoms with E-state index in [1.54, 1.807) is 11.8 Å². The smallest absolute Gasteiger partial charge is 0.156 e. The molecule has 18 heavy (non-hydrogen) atoms. The van der Waals surface area contributed by atoms with Gasteiger partial charge < -0.3 is 9.64 Å². The number of nitrogens with one attached hydrogen (secondary N) is 1. The summed E-state index contributed by atoms with van der Waals surface area (Å²) in [5, 5.41) is 9.34. The molecule has 0 saturated carbocycles. The van der Waals surface area contributed by atoms with Gasteiger partial charge in [-0.3, -0.25) is 10.3 Å². The Morgan fingerprint density at radius 1 is 1.17 bits per heavy atom. The van der Waals surface area contributed by atoms with Gasteiger partial charge in [-0.2, -0.15) is 0 Å². The summed E-state index contributed by atoms with van der Waals surface area (Å²) in [5.74, 6) is 0. The van der Waals surface area contributed by atoms with Crippen LogP contribution in [0.1, 0.15) is 26.7 Å². The van der Waals surface area contributed by atoms with Gasteiger partial charge in [0.15, 0.2) is 5.17 Å². The lowest BCUT2D eigenvalue weighted by Gasteiger charge is -2.40. The maximum atomic E-state index is 8.08. The maximum Gasteiger partial charge on any atom is 0.156 e. The Hall–Kier alpha value is -0.260. The summed E-state index contributed by atoms with van der Waals surface area (Å²) in [5.41, 5.74) is 0. The molecule has 2 fully saturated rings. The van der Waals surface area contributed by atoms with Crippen LogP contribution in [0.3, 0.4) is 0 Å². The molecule has 1 N–H and O–H groups in total. The highest BCUT2D eigenvalue weighted by Gasteiger charge is 2.26. The lowest BCUT2D eigenvalue weighted by atomic mass is 10.0. The van der Waals surface area contributed by atoms with Gasteiger partial charge in [-0.15, -0.1) is 0 Å². The van der Waals surface area contributed by atoms with E-state index in [9.17, 15) is 0 Å². The van der Waals surface area contributed by atoms with Gasteiger partial charge in [0.1, 0.15) is 0 Å². The zero-order valence-electron chi connectivity index (χ0n) is 11.5. The molecule has 0 aromatic heterocycles. The molecule has 0 bridgehead atoms. The van der Waals surface area contributed by atoms with Gasteiger partial charge in [0.2, 0.25) is 0 Å². The molecule has 0 unspecified atom stereocenters. The fourth-order valence-electron chi connectivity index (χ4n) is 2.67. The van der Waals surface area contributed by atoms with E-state index in [4.69, 9.17) is 10.1 Å². The van der Waals surface area contributed by atoms with Crippen molar-refractivity contribution in [1.82, 2.24) is 9.80 Å². The summed E-state index contributed by atoms with van der Waals surface area (Å²) in [7, 11) is 0. The summed E-state index contributed by atoms with van der Waals surface area (Å²) in [6.07, 6.45) is 2.39. The monoisotopic (exact) mass is 271 g/mol. The number of likely N-dealkylation sites (tertiary alicyclic amines) is 1. The third-order valence-electron chi connectivity index (χ3n) is 3.66. The van der Waals surface area contributed by atoms with Crippen LogP contribution in [0.4, 0.5) is 0 Å².